The maximum absolute atomic E-state index is 11.8. The number of likely N-dealkylation sites (N-methyl/N-ethyl adjacent to an activating group) is 1. The first-order valence-corrected chi connectivity index (χ1v) is 6.17. The SMILES string of the molecule is CCNC(=O)[C@H](C)OC(=O)c1ccc([N+](=O)[O-])cc1Cl. The van der Waals surface area contributed by atoms with Crippen molar-refractivity contribution in [1.29, 1.82) is 0 Å². The van der Waals surface area contributed by atoms with Crippen molar-refractivity contribution < 1.29 is 19.2 Å². The van der Waals surface area contributed by atoms with E-state index in [0.717, 1.165) is 12.1 Å². The number of carbonyl (C=O) groups excluding carboxylic acids is 2. The summed E-state index contributed by atoms with van der Waals surface area (Å²) in [4.78, 5) is 33.2. The summed E-state index contributed by atoms with van der Waals surface area (Å²) in [6.07, 6.45) is -0.978. The van der Waals surface area contributed by atoms with Gasteiger partial charge in [-0.3, -0.25) is 14.9 Å². The molecule has 1 N–H and O–H groups in total. The normalized spacial score (nSPS) is 11.6. The number of nitrogens with one attached hydrogen (secondary N) is 1. The largest absolute Gasteiger partial charge is 0.449 e. The summed E-state index contributed by atoms with van der Waals surface area (Å²) in [6.45, 7) is 3.57. The summed E-state index contributed by atoms with van der Waals surface area (Å²) in [5.74, 6) is -1.25. The molecule has 1 aromatic carbocycles. The molecule has 0 heterocycles. The lowest BCUT2D eigenvalue weighted by Crippen LogP contribution is -2.35. The Morgan fingerprint density at radius 1 is 1.50 bits per heavy atom. The number of benzene rings is 1. The first kappa shape index (κ1) is 15.9. The van der Waals surface area contributed by atoms with Crippen molar-refractivity contribution in [3.63, 3.8) is 0 Å². The summed E-state index contributed by atoms with van der Waals surface area (Å²) in [5, 5.41) is 12.9. The van der Waals surface area contributed by atoms with Gasteiger partial charge in [-0.1, -0.05) is 11.6 Å². The molecule has 20 heavy (non-hydrogen) atoms. The van der Waals surface area contributed by atoms with Crippen molar-refractivity contribution in [2.45, 2.75) is 20.0 Å². The number of hydrogen-bond acceptors (Lipinski definition) is 5. The molecular weight excluding hydrogens is 288 g/mol. The molecule has 0 fully saturated rings. The second-order valence-electron chi connectivity index (χ2n) is 3.86. The molecule has 0 saturated heterocycles. The third kappa shape index (κ3) is 3.92. The summed E-state index contributed by atoms with van der Waals surface area (Å²) in [5.41, 5.74) is -0.267. The van der Waals surface area contributed by atoms with Gasteiger partial charge in [-0.15, -0.1) is 0 Å². The third-order valence-corrected chi connectivity index (χ3v) is 2.70. The Kier molecular flexibility index (Phi) is 5.45. The molecule has 0 aromatic heterocycles. The van der Waals surface area contributed by atoms with Crippen LogP contribution in [-0.4, -0.2) is 29.4 Å². The molecule has 1 atom stereocenters. The first-order valence-electron chi connectivity index (χ1n) is 5.79. The zero-order valence-electron chi connectivity index (χ0n) is 10.9. The van der Waals surface area contributed by atoms with Gasteiger partial charge in [-0.05, 0) is 19.9 Å². The number of halogens is 1. The topological polar surface area (TPSA) is 98.5 Å². The van der Waals surface area contributed by atoms with E-state index in [1.54, 1.807) is 6.92 Å². The van der Waals surface area contributed by atoms with Crippen LogP contribution in [0, 0.1) is 10.1 Å². The van der Waals surface area contributed by atoms with E-state index in [-0.39, 0.29) is 16.3 Å². The summed E-state index contributed by atoms with van der Waals surface area (Å²) >= 11 is 5.79. The minimum absolute atomic E-state index is 0.0339. The van der Waals surface area contributed by atoms with E-state index < -0.39 is 22.9 Å². The smallest absolute Gasteiger partial charge is 0.340 e. The monoisotopic (exact) mass is 300 g/mol. The number of ether oxygens (including phenoxy) is 1. The molecule has 0 aliphatic heterocycles. The predicted octanol–water partition coefficient (Wildman–Crippen LogP) is 1.93. The average molecular weight is 301 g/mol. The number of nitrogens with zero attached hydrogens (tertiary/aromatic N) is 1. The average Bonchev–Trinajstić information content (AvgIpc) is 2.38. The molecule has 0 spiro atoms. The molecule has 0 aliphatic rings. The van der Waals surface area contributed by atoms with Crippen LogP contribution < -0.4 is 5.32 Å². The van der Waals surface area contributed by atoms with E-state index in [2.05, 4.69) is 5.32 Å². The van der Waals surface area contributed by atoms with Gasteiger partial charge in [0.1, 0.15) is 0 Å². The summed E-state index contributed by atoms with van der Waals surface area (Å²) in [7, 11) is 0. The number of rotatable bonds is 5. The highest BCUT2D eigenvalue weighted by Gasteiger charge is 2.21. The number of carbonyl (C=O) groups is 2. The highest BCUT2D eigenvalue weighted by molar-refractivity contribution is 6.33. The molecule has 0 radical (unpaired) electrons. The van der Waals surface area contributed by atoms with Gasteiger partial charge in [0.2, 0.25) is 0 Å². The van der Waals surface area contributed by atoms with Crippen molar-refractivity contribution in [3.05, 3.63) is 38.9 Å². The van der Waals surface area contributed by atoms with Crippen LogP contribution >= 0.6 is 11.6 Å². The Morgan fingerprint density at radius 3 is 2.65 bits per heavy atom. The minimum Gasteiger partial charge on any atom is -0.449 e. The van der Waals surface area contributed by atoms with Gasteiger partial charge in [0.25, 0.3) is 11.6 Å². The van der Waals surface area contributed by atoms with E-state index in [0.29, 0.717) is 6.54 Å². The maximum atomic E-state index is 11.8. The van der Waals surface area contributed by atoms with Crippen LogP contribution in [0.2, 0.25) is 5.02 Å². The summed E-state index contributed by atoms with van der Waals surface area (Å²) < 4.78 is 4.93. The fraction of sp³-hybridized carbons (Fsp3) is 0.333. The van der Waals surface area contributed by atoms with E-state index >= 15 is 0 Å². The number of nitro groups is 1. The molecule has 1 amide bonds. The van der Waals surface area contributed by atoms with E-state index in [4.69, 9.17) is 16.3 Å². The Hall–Kier alpha value is -2.15. The van der Waals surface area contributed by atoms with Crippen LogP contribution in [0.1, 0.15) is 24.2 Å². The Bertz CT molecular complexity index is 547. The molecule has 7 nitrogen and oxygen atoms in total. The maximum Gasteiger partial charge on any atom is 0.340 e. The molecule has 108 valence electrons. The Balaban J connectivity index is 2.83. The lowest BCUT2D eigenvalue weighted by Gasteiger charge is -2.13. The van der Waals surface area contributed by atoms with Crippen LogP contribution in [-0.2, 0) is 9.53 Å². The number of amides is 1. The zero-order chi connectivity index (χ0) is 15.3. The Labute approximate surface area is 120 Å². The predicted molar refractivity (Wildman–Crippen MR) is 71.7 cm³/mol. The van der Waals surface area contributed by atoms with Crippen molar-refractivity contribution in [3.8, 4) is 0 Å². The van der Waals surface area contributed by atoms with Crippen molar-refractivity contribution in [2.75, 3.05) is 6.54 Å². The van der Waals surface area contributed by atoms with Gasteiger partial charge in [0.15, 0.2) is 6.10 Å². The van der Waals surface area contributed by atoms with E-state index in [1.165, 1.54) is 13.0 Å². The summed E-state index contributed by atoms with van der Waals surface area (Å²) in [6, 6.07) is 3.38. The van der Waals surface area contributed by atoms with Crippen LogP contribution in [0.15, 0.2) is 18.2 Å². The van der Waals surface area contributed by atoms with Crippen molar-refractivity contribution >= 4 is 29.2 Å². The van der Waals surface area contributed by atoms with E-state index in [1.807, 2.05) is 0 Å². The van der Waals surface area contributed by atoms with Gasteiger partial charge in [-0.25, -0.2) is 4.79 Å². The fourth-order valence-corrected chi connectivity index (χ4v) is 1.63. The lowest BCUT2D eigenvalue weighted by molar-refractivity contribution is -0.384. The van der Waals surface area contributed by atoms with Gasteiger partial charge in [-0.2, -0.15) is 0 Å². The number of hydrogen-bond donors (Lipinski definition) is 1. The van der Waals surface area contributed by atoms with Crippen LogP contribution in [0.4, 0.5) is 5.69 Å². The third-order valence-electron chi connectivity index (χ3n) is 2.39. The number of non-ortho nitro benzene ring substituents is 1. The second kappa shape index (κ2) is 6.85. The Morgan fingerprint density at radius 2 is 2.15 bits per heavy atom. The zero-order valence-corrected chi connectivity index (χ0v) is 11.6. The van der Waals surface area contributed by atoms with Gasteiger partial charge in [0, 0.05) is 18.7 Å². The molecule has 1 aromatic rings. The lowest BCUT2D eigenvalue weighted by atomic mass is 10.2. The molecule has 8 heteroatoms. The van der Waals surface area contributed by atoms with Gasteiger partial charge < -0.3 is 10.1 Å². The van der Waals surface area contributed by atoms with Crippen LogP contribution in [0.5, 0.6) is 0 Å². The fourth-order valence-electron chi connectivity index (χ4n) is 1.38. The molecule has 0 bridgehead atoms. The van der Waals surface area contributed by atoms with Crippen LogP contribution in [0.25, 0.3) is 0 Å². The molecule has 0 unspecified atom stereocenters. The molecule has 0 aliphatic carbocycles. The van der Waals surface area contributed by atoms with Gasteiger partial charge in [0.05, 0.1) is 15.5 Å². The molecule has 0 saturated carbocycles. The highest BCUT2D eigenvalue weighted by atomic mass is 35.5. The standard InChI is InChI=1S/C12H13ClN2O5/c1-3-14-11(16)7(2)20-12(17)9-5-4-8(15(18)19)6-10(9)13/h4-7H,3H2,1-2H3,(H,14,16)/t7-/m0/s1. The number of nitro benzene ring substituents is 1. The number of esters is 1. The quantitative estimate of drug-likeness (QED) is 0.509. The van der Waals surface area contributed by atoms with Crippen LogP contribution in [0.3, 0.4) is 0 Å². The molecular formula is C12H13ClN2O5. The minimum atomic E-state index is -0.978. The second-order valence-corrected chi connectivity index (χ2v) is 4.27. The van der Waals surface area contributed by atoms with Gasteiger partial charge >= 0.3 is 5.97 Å². The molecule has 1 rings (SSSR count). The highest BCUT2D eigenvalue weighted by Crippen LogP contribution is 2.23. The van der Waals surface area contributed by atoms with Crippen molar-refractivity contribution in [2.24, 2.45) is 0 Å². The van der Waals surface area contributed by atoms with Crippen molar-refractivity contribution in [1.82, 2.24) is 5.32 Å². The van der Waals surface area contributed by atoms with E-state index in [9.17, 15) is 19.7 Å². The first-order chi connectivity index (χ1) is 9.36.